The van der Waals surface area contributed by atoms with Gasteiger partial charge in [0.15, 0.2) is 0 Å². The van der Waals surface area contributed by atoms with E-state index in [9.17, 15) is 4.79 Å². The van der Waals surface area contributed by atoms with Gasteiger partial charge < -0.3 is 4.74 Å². The number of ether oxygens (including phenoxy) is 1. The highest BCUT2D eigenvalue weighted by atomic mass is 79.9. The Kier molecular flexibility index (Phi) is 2.93. The summed E-state index contributed by atoms with van der Waals surface area (Å²) < 4.78 is 4.91. The van der Waals surface area contributed by atoms with Crippen LogP contribution in [0.15, 0.2) is 0 Å². The van der Waals surface area contributed by atoms with Gasteiger partial charge in [-0.05, 0) is 18.8 Å². The largest absolute Gasteiger partial charge is 0.466 e. The summed E-state index contributed by atoms with van der Waals surface area (Å²) >= 11 is 3.37. The van der Waals surface area contributed by atoms with E-state index in [0.717, 1.165) is 5.33 Å². The summed E-state index contributed by atoms with van der Waals surface area (Å²) in [6.07, 6.45) is 0. The number of esters is 1. The Morgan fingerprint density at radius 2 is 2.27 bits per heavy atom. The van der Waals surface area contributed by atoms with Gasteiger partial charge in [0.05, 0.1) is 12.5 Å². The van der Waals surface area contributed by atoms with Gasteiger partial charge in [0.1, 0.15) is 0 Å². The van der Waals surface area contributed by atoms with Crippen LogP contribution >= 0.6 is 15.9 Å². The van der Waals surface area contributed by atoms with E-state index >= 15 is 0 Å². The Morgan fingerprint density at radius 3 is 2.64 bits per heavy atom. The first-order chi connectivity index (χ1) is 5.22. The molecule has 0 aliphatic heterocycles. The lowest BCUT2D eigenvalue weighted by atomic mass is 10.3. The normalized spacial score (nSPS) is 35.0. The zero-order chi connectivity index (χ0) is 8.43. The van der Waals surface area contributed by atoms with Gasteiger partial charge >= 0.3 is 5.97 Å². The Hall–Kier alpha value is -0.0500. The standard InChI is InChI=1S/C8H13BrO2/c1-3-11-8(10)7-5(2)6(7)4-9/h5-7H,3-4H2,1-2H3/t5-,6+,7-/m1/s1. The van der Waals surface area contributed by atoms with Crippen molar-refractivity contribution in [2.24, 2.45) is 17.8 Å². The third kappa shape index (κ3) is 1.75. The minimum absolute atomic E-state index is 0.0237. The molecule has 11 heavy (non-hydrogen) atoms. The number of hydrogen-bond donors (Lipinski definition) is 0. The Balaban J connectivity index is 2.34. The average Bonchev–Trinajstić information content (AvgIpc) is 2.61. The van der Waals surface area contributed by atoms with Gasteiger partial charge in [-0.1, -0.05) is 22.9 Å². The van der Waals surface area contributed by atoms with E-state index in [2.05, 4.69) is 22.9 Å². The molecule has 0 saturated heterocycles. The zero-order valence-electron chi connectivity index (χ0n) is 6.84. The van der Waals surface area contributed by atoms with Gasteiger partial charge in [-0.25, -0.2) is 0 Å². The molecule has 3 heteroatoms. The van der Waals surface area contributed by atoms with Gasteiger partial charge in [0.2, 0.25) is 0 Å². The fourth-order valence-corrected chi connectivity index (χ4v) is 2.40. The molecule has 0 amide bonds. The highest BCUT2D eigenvalue weighted by Gasteiger charge is 2.51. The fraction of sp³-hybridized carbons (Fsp3) is 0.875. The molecule has 0 radical (unpaired) electrons. The van der Waals surface area contributed by atoms with Crippen LogP contribution in [0.5, 0.6) is 0 Å². The summed E-state index contributed by atoms with van der Waals surface area (Å²) in [7, 11) is 0. The summed E-state index contributed by atoms with van der Waals surface area (Å²) in [6, 6.07) is 0. The van der Waals surface area contributed by atoms with E-state index in [-0.39, 0.29) is 11.9 Å². The van der Waals surface area contributed by atoms with Crippen LogP contribution in [0.25, 0.3) is 0 Å². The average molecular weight is 221 g/mol. The number of carbonyl (C=O) groups excluding carboxylic acids is 1. The van der Waals surface area contributed by atoms with Crippen molar-refractivity contribution in [1.82, 2.24) is 0 Å². The number of rotatable bonds is 3. The lowest BCUT2D eigenvalue weighted by molar-refractivity contribution is -0.145. The van der Waals surface area contributed by atoms with Gasteiger partial charge in [-0.3, -0.25) is 4.79 Å². The van der Waals surface area contributed by atoms with Gasteiger partial charge in [-0.2, -0.15) is 0 Å². The number of alkyl halides is 1. The van der Waals surface area contributed by atoms with Crippen LogP contribution in [0.1, 0.15) is 13.8 Å². The highest BCUT2D eigenvalue weighted by molar-refractivity contribution is 9.09. The van der Waals surface area contributed by atoms with Crippen LogP contribution in [-0.4, -0.2) is 17.9 Å². The second-order valence-corrected chi connectivity index (χ2v) is 3.60. The van der Waals surface area contributed by atoms with Gasteiger partial charge in [0.25, 0.3) is 0 Å². The van der Waals surface area contributed by atoms with Gasteiger partial charge in [-0.15, -0.1) is 0 Å². The molecule has 0 spiro atoms. The van der Waals surface area contributed by atoms with Crippen molar-refractivity contribution < 1.29 is 9.53 Å². The molecule has 0 aromatic heterocycles. The van der Waals surface area contributed by atoms with Crippen LogP contribution in [0, 0.1) is 17.8 Å². The van der Waals surface area contributed by atoms with Crippen LogP contribution in [0.4, 0.5) is 0 Å². The maximum absolute atomic E-state index is 11.1. The molecule has 0 heterocycles. The second-order valence-electron chi connectivity index (χ2n) is 2.96. The lowest BCUT2D eigenvalue weighted by Gasteiger charge is -1.98. The molecule has 64 valence electrons. The minimum Gasteiger partial charge on any atom is -0.466 e. The Morgan fingerprint density at radius 1 is 1.64 bits per heavy atom. The van der Waals surface area contributed by atoms with E-state index in [1.165, 1.54) is 0 Å². The molecule has 0 aromatic rings. The highest BCUT2D eigenvalue weighted by Crippen LogP contribution is 2.47. The third-order valence-corrected chi connectivity index (χ3v) is 3.05. The molecule has 0 aromatic carbocycles. The molecule has 2 nitrogen and oxygen atoms in total. The predicted molar refractivity (Wildman–Crippen MR) is 46.6 cm³/mol. The Labute approximate surface area is 75.4 Å². The van der Waals surface area contributed by atoms with Gasteiger partial charge in [0, 0.05) is 5.33 Å². The smallest absolute Gasteiger partial charge is 0.309 e. The third-order valence-electron chi connectivity index (χ3n) is 2.30. The van der Waals surface area contributed by atoms with Crippen molar-refractivity contribution >= 4 is 21.9 Å². The summed E-state index contributed by atoms with van der Waals surface area (Å²) in [6.45, 7) is 4.43. The first-order valence-corrected chi connectivity index (χ1v) is 5.07. The van der Waals surface area contributed by atoms with E-state index in [4.69, 9.17) is 4.74 Å². The number of halogens is 1. The van der Waals surface area contributed by atoms with Crippen molar-refractivity contribution in [2.75, 3.05) is 11.9 Å². The van der Waals surface area contributed by atoms with E-state index in [0.29, 0.717) is 18.4 Å². The van der Waals surface area contributed by atoms with Crippen LogP contribution in [0.3, 0.4) is 0 Å². The Bertz CT molecular complexity index is 158. The molecule has 1 aliphatic rings. The van der Waals surface area contributed by atoms with Crippen LogP contribution < -0.4 is 0 Å². The first kappa shape index (κ1) is 9.04. The summed E-state index contributed by atoms with van der Waals surface area (Å²) in [5, 5.41) is 0.914. The predicted octanol–water partition coefficient (Wildman–Crippen LogP) is 1.83. The topological polar surface area (TPSA) is 26.3 Å². The number of hydrogen-bond acceptors (Lipinski definition) is 2. The molecular formula is C8H13BrO2. The second kappa shape index (κ2) is 3.57. The quantitative estimate of drug-likeness (QED) is 0.536. The fourth-order valence-electron chi connectivity index (χ4n) is 1.41. The molecule has 1 saturated carbocycles. The molecule has 1 aliphatic carbocycles. The summed E-state index contributed by atoms with van der Waals surface area (Å²) in [4.78, 5) is 11.1. The monoisotopic (exact) mass is 220 g/mol. The molecule has 0 N–H and O–H groups in total. The van der Waals surface area contributed by atoms with Crippen molar-refractivity contribution in [3.8, 4) is 0 Å². The number of carbonyl (C=O) groups is 1. The maximum Gasteiger partial charge on any atom is 0.309 e. The zero-order valence-corrected chi connectivity index (χ0v) is 8.43. The SMILES string of the molecule is CCOC(=O)[C@@H]1[C@H](C)[C@@H]1CBr. The molecule has 0 unspecified atom stereocenters. The summed E-state index contributed by atoms with van der Waals surface area (Å²) in [5.74, 6) is 1.15. The first-order valence-electron chi connectivity index (χ1n) is 3.95. The van der Waals surface area contributed by atoms with E-state index in [1.54, 1.807) is 0 Å². The van der Waals surface area contributed by atoms with Crippen LogP contribution in [-0.2, 0) is 9.53 Å². The molecular weight excluding hydrogens is 208 g/mol. The molecule has 3 atom stereocenters. The minimum atomic E-state index is -0.0237. The van der Waals surface area contributed by atoms with Crippen molar-refractivity contribution in [3.05, 3.63) is 0 Å². The van der Waals surface area contributed by atoms with E-state index in [1.807, 2.05) is 6.92 Å². The van der Waals surface area contributed by atoms with Crippen molar-refractivity contribution in [3.63, 3.8) is 0 Å². The van der Waals surface area contributed by atoms with Crippen LogP contribution in [0.2, 0.25) is 0 Å². The van der Waals surface area contributed by atoms with Crippen molar-refractivity contribution in [1.29, 1.82) is 0 Å². The van der Waals surface area contributed by atoms with E-state index < -0.39 is 0 Å². The maximum atomic E-state index is 11.1. The summed E-state index contributed by atoms with van der Waals surface area (Å²) in [5.41, 5.74) is 0. The molecule has 0 bridgehead atoms. The van der Waals surface area contributed by atoms with Crippen molar-refractivity contribution in [2.45, 2.75) is 13.8 Å². The lowest BCUT2D eigenvalue weighted by Crippen LogP contribution is -2.08. The molecule has 1 fully saturated rings. The molecule has 1 rings (SSSR count).